The van der Waals surface area contributed by atoms with E-state index in [1.807, 2.05) is 18.2 Å². The summed E-state index contributed by atoms with van der Waals surface area (Å²) < 4.78 is 0. The third kappa shape index (κ3) is 4.59. The topological polar surface area (TPSA) is 73.5 Å². The van der Waals surface area contributed by atoms with E-state index in [4.69, 9.17) is 0 Å². The van der Waals surface area contributed by atoms with Crippen LogP contribution in [0.2, 0.25) is 0 Å². The van der Waals surface area contributed by atoms with Gasteiger partial charge in [0.05, 0.1) is 6.54 Å². The Kier molecular flexibility index (Phi) is 6.24. The van der Waals surface area contributed by atoms with Crippen LogP contribution in [0.5, 0.6) is 0 Å². The molecule has 0 aromatic heterocycles. The number of halogens is 1. The summed E-state index contributed by atoms with van der Waals surface area (Å²) in [6.07, 6.45) is 0.866. The number of benzene rings is 1. The second-order valence-electron chi connectivity index (χ2n) is 5.93. The van der Waals surface area contributed by atoms with Crippen LogP contribution in [0.15, 0.2) is 24.3 Å². The van der Waals surface area contributed by atoms with E-state index in [1.165, 1.54) is 11.1 Å². The molecule has 0 spiro atoms. The molecule has 0 radical (unpaired) electrons. The van der Waals surface area contributed by atoms with E-state index in [0.29, 0.717) is 25.6 Å². The van der Waals surface area contributed by atoms with E-state index in [1.54, 1.807) is 4.90 Å². The quantitative estimate of drug-likeness (QED) is 0.749. The van der Waals surface area contributed by atoms with E-state index in [0.717, 1.165) is 19.5 Å². The van der Waals surface area contributed by atoms with Crippen molar-refractivity contribution < 1.29 is 9.59 Å². The Morgan fingerprint density at radius 3 is 2.61 bits per heavy atom. The van der Waals surface area contributed by atoms with Gasteiger partial charge in [0.25, 0.3) is 0 Å². The van der Waals surface area contributed by atoms with Gasteiger partial charge in [0.1, 0.15) is 0 Å². The maximum Gasteiger partial charge on any atom is 0.318 e. The summed E-state index contributed by atoms with van der Waals surface area (Å²) in [4.78, 5) is 25.6. The van der Waals surface area contributed by atoms with Gasteiger partial charge in [0, 0.05) is 38.6 Å². The van der Waals surface area contributed by atoms with Crippen molar-refractivity contribution in [1.82, 2.24) is 20.9 Å². The van der Waals surface area contributed by atoms with Gasteiger partial charge in [0.15, 0.2) is 0 Å². The molecule has 126 valence electrons. The minimum atomic E-state index is -0.171. The van der Waals surface area contributed by atoms with Gasteiger partial charge in [-0.25, -0.2) is 4.79 Å². The second kappa shape index (κ2) is 8.17. The fourth-order valence-electron chi connectivity index (χ4n) is 2.75. The molecule has 1 fully saturated rings. The third-order valence-electron chi connectivity index (χ3n) is 4.27. The molecule has 0 unspecified atom stereocenters. The van der Waals surface area contributed by atoms with Crippen molar-refractivity contribution >= 4 is 24.3 Å². The number of hydrogen-bond donors (Lipinski definition) is 3. The zero-order chi connectivity index (χ0) is 15.4. The van der Waals surface area contributed by atoms with Crippen LogP contribution in [0.25, 0.3) is 0 Å². The number of fused-ring (bicyclic) bond motifs is 1. The van der Waals surface area contributed by atoms with Crippen molar-refractivity contribution in [2.75, 3.05) is 32.7 Å². The van der Waals surface area contributed by atoms with Crippen molar-refractivity contribution in [2.24, 2.45) is 5.92 Å². The zero-order valence-electron chi connectivity index (χ0n) is 13.0. The van der Waals surface area contributed by atoms with Gasteiger partial charge in [-0.2, -0.15) is 0 Å². The van der Waals surface area contributed by atoms with E-state index in [9.17, 15) is 9.59 Å². The summed E-state index contributed by atoms with van der Waals surface area (Å²) in [6.45, 7) is 3.94. The molecule has 2 aliphatic rings. The predicted octanol–water partition coefficient (Wildman–Crippen LogP) is 0.512. The highest BCUT2D eigenvalue weighted by Crippen LogP contribution is 2.18. The summed E-state index contributed by atoms with van der Waals surface area (Å²) in [6, 6.07) is 8.00. The SMILES string of the molecule is Cl.O=C(CNC(=O)N1CCc2ccccc2C1)NCC1CNC1. The fourth-order valence-corrected chi connectivity index (χ4v) is 2.75. The number of carbonyl (C=O) groups is 2. The molecule has 0 bridgehead atoms. The van der Waals surface area contributed by atoms with Crippen molar-refractivity contribution in [3.8, 4) is 0 Å². The standard InChI is InChI=1S/C16H22N4O2.ClH/c21-15(18-9-12-7-17-8-12)10-19-16(22)20-6-5-13-3-1-2-4-14(13)11-20;/h1-4,12,17H,5-11H2,(H,18,21)(H,19,22);1H. The molecule has 23 heavy (non-hydrogen) atoms. The number of rotatable bonds is 4. The van der Waals surface area contributed by atoms with Crippen molar-refractivity contribution in [3.05, 3.63) is 35.4 Å². The maximum atomic E-state index is 12.1. The lowest BCUT2D eigenvalue weighted by atomic mass is 10.0. The van der Waals surface area contributed by atoms with E-state index >= 15 is 0 Å². The average Bonchev–Trinajstić information content (AvgIpc) is 2.50. The average molecular weight is 339 g/mol. The van der Waals surface area contributed by atoms with Gasteiger partial charge in [-0.1, -0.05) is 24.3 Å². The fraction of sp³-hybridized carbons (Fsp3) is 0.500. The molecule has 2 aliphatic heterocycles. The van der Waals surface area contributed by atoms with Crippen LogP contribution in [0.1, 0.15) is 11.1 Å². The molecule has 0 atom stereocenters. The first-order chi connectivity index (χ1) is 10.7. The Labute approximate surface area is 142 Å². The lowest BCUT2D eigenvalue weighted by molar-refractivity contribution is -0.120. The molecule has 3 N–H and O–H groups in total. The Morgan fingerprint density at radius 1 is 1.17 bits per heavy atom. The zero-order valence-corrected chi connectivity index (χ0v) is 13.8. The smallest absolute Gasteiger partial charge is 0.318 e. The predicted molar refractivity (Wildman–Crippen MR) is 90.6 cm³/mol. The molecule has 0 aliphatic carbocycles. The van der Waals surface area contributed by atoms with Gasteiger partial charge in [-0.3, -0.25) is 4.79 Å². The Hall–Kier alpha value is -1.79. The molecular weight excluding hydrogens is 316 g/mol. The number of nitrogens with one attached hydrogen (secondary N) is 3. The normalized spacial score (nSPS) is 16.6. The van der Waals surface area contributed by atoms with Gasteiger partial charge in [-0.15, -0.1) is 12.4 Å². The molecule has 1 aromatic carbocycles. The molecule has 3 amide bonds. The third-order valence-corrected chi connectivity index (χ3v) is 4.27. The maximum absolute atomic E-state index is 12.1. The Morgan fingerprint density at radius 2 is 1.91 bits per heavy atom. The highest BCUT2D eigenvalue weighted by Gasteiger charge is 2.21. The summed E-state index contributed by atoms with van der Waals surface area (Å²) in [7, 11) is 0. The molecule has 6 nitrogen and oxygen atoms in total. The summed E-state index contributed by atoms with van der Waals surface area (Å²) in [5.74, 6) is 0.399. The van der Waals surface area contributed by atoms with E-state index in [2.05, 4.69) is 22.0 Å². The van der Waals surface area contributed by atoms with Crippen LogP contribution in [0, 0.1) is 5.92 Å². The molecule has 2 heterocycles. The van der Waals surface area contributed by atoms with Crippen LogP contribution in [0.4, 0.5) is 4.79 Å². The van der Waals surface area contributed by atoms with Gasteiger partial charge < -0.3 is 20.9 Å². The minimum absolute atomic E-state index is 0. The van der Waals surface area contributed by atoms with Crippen LogP contribution >= 0.6 is 12.4 Å². The Balaban J connectivity index is 0.00000192. The minimum Gasteiger partial charge on any atom is -0.354 e. The van der Waals surface area contributed by atoms with Crippen LogP contribution in [-0.2, 0) is 17.8 Å². The number of carbonyl (C=O) groups excluding carboxylic acids is 2. The van der Waals surface area contributed by atoms with E-state index < -0.39 is 0 Å². The van der Waals surface area contributed by atoms with Crippen molar-refractivity contribution in [2.45, 2.75) is 13.0 Å². The number of urea groups is 1. The first kappa shape index (κ1) is 17.6. The Bertz CT molecular complexity index is 563. The lowest BCUT2D eigenvalue weighted by Gasteiger charge is -2.29. The van der Waals surface area contributed by atoms with Gasteiger partial charge in [0.2, 0.25) is 5.91 Å². The molecule has 7 heteroatoms. The first-order valence-corrected chi connectivity index (χ1v) is 7.79. The molecule has 0 saturated carbocycles. The van der Waals surface area contributed by atoms with Crippen LogP contribution < -0.4 is 16.0 Å². The summed E-state index contributed by atoms with van der Waals surface area (Å²) in [5, 5.41) is 8.71. The van der Waals surface area contributed by atoms with Crippen LogP contribution in [-0.4, -0.2) is 49.6 Å². The molecular formula is C16H23ClN4O2. The highest BCUT2D eigenvalue weighted by atomic mass is 35.5. The number of amides is 3. The van der Waals surface area contributed by atoms with E-state index in [-0.39, 0.29) is 30.9 Å². The molecule has 1 saturated heterocycles. The second-order valence-corrected chi connectivity index (χ2v) is 5.93. The summed E-state index contributed by atoms with van der Waals surface area (Å²) in [5.41, 5.74) is 2.49. The number of nitrogens with zero attached hydrogens (tertiary/aromatic N) is 1. The van der Waals surface area contributed by atoms with Gasteiger partial charge in [-0.05, 0) is 17.5 Å². The monoisotopic (exact) mass is 338 g/mol. The number of hydrogen-bond acceptors (Lipinski definition) is 3. The largest absolute Gasteiger partial charge is 0.354 e. The van der Waals surface area contributed by atoms with Crippen molar-refractivity contribution in [1.29, 1.82) is 0 Å². The summed E-state index contributed by atoms with van der Waals surface area (Å²) >= 11 is 0. The first-order valence-electron chi connectivity index (χ1n) is 7.79. The highest BCUT2D eigenvalue weighted by molar-refractivity contribution is 5.85. The molecule has 3 rings (SSSR count). The van der Waals surface area contributed by atoms with Crippen molar-refractivity contribution in [3.63, 3.8) is 0 Å². The van der Waals surface area contributed by atoms with Gasteiger partial charge >= 0.3 is 6.03 Å². The molecule has 1 aromatic rings. The lowest BCUT2D eigenvalue weighted by Crippen LogP contribution is -2.50. The van der Waals surface area contributed by atoms with Crippen LogP contribution in [0.3, 0.4) is 0 Å².